The first kappa shape index (κ1) is 30.8. The van der Waals surface area contributed by atoms with E-state index in [2.05, 4.69) is 10.0 Å². The van der Waals surface area contributed by atoms with Crippen LogP contribution >= 0.6 is 0 Å². The highest BCUT2D eigenvalue weighted by Crippen LogP contribution is 2.37. The van der Waals surface area contributed by atoms with Crippen LogP contribution in [0.15, 0.2) is 71.6 Å². The number of urea groups is 1. The van der Waals surface area contributed by atoms with Crippen LogP contribution in [0.4, 0.5) is 10.5 Å². The van der Waals surface area contributed by atoms with Crippen LogP contribution in [0.3, 0.4) is 0 Å². The minimum absolute atomic E-state index is 0.0188. The number of fused-ring (bicyclic) bond motifs is 1. The molecule has 43 heavy (non-hydrogen) atoms. The van der Waals surface area contributed by atoms with E-state index in [1.165, 1.54) is 0 Å². The van der Waals surface area contributed by atoms with Gasteiger partial charge < -0.3 is 29.7 Å². The molecular weight excluding hydrogens is 568 g/mol. The van der Waals surface area contributed by atoms with E-state index in [1.807, 2.05) is 67.4 Å². The smallest absolute Gasteiger partial charge is 0.321 e. The second kappa shape index (κ2) is 12.9. The zero-order valence-corrected chi connectivity index (χ0v) is 25.7. The standard InChI is InChI=1S/C32H40N4O6S/c1-23-7-10-26(11-8-23)34-31(38)36-15-13-32(14-16-36)21-35(2)20-27(37)19-33-43(39,40)30-12-9-25(18-29(30)42-22-32)24-5-4-6-28(17-24)41-3/h4-12,17-18,27,33,37H,13-16,19-22H2,1-3H3,(H,34,38). The number of benzene rings is 3. The van der Waals surface area contributed by atoms with Gasteiger partial charge >= 0.3 is 6.03 Å². The maximum Gasteiger partial charge on any atom is 0.321 e. The number of rotatable bonds is 3. The van der Waals surface area contributed by atoms with Crippen molar-refractivity contribution in [2.24, 2.45) is 5.41 Å². The summed E-state index contributed by atoms with van der Waals surface area (Å²) in [5.74, 6) is 0.930. The van der Waals surface area contributed by atoms with Crippen molar-refractivity contribution in [1.82, 2.24) is 14.5 Å². The normalized spacial score (nSPS) is 20.7. The van der Waals surface area contributed by atoms with Gasteiger partial charge in [0.2, 0.25) is 10.0 Å². The summed E-state index contributed by atoms with van der Waals surface area (Å²) < 4.78 is 41.0. The largest absolute Gasteiger partial charge is 0.497 e. The Hall–Kier alpha value is -3.64. The van der Waals surface area contributed by atoms with Gasteiger partial charge in [0.25, 0.3) is 0 Å². The predicted molar refractivity (Wildman–Crippen MR) is 166 cm³/mol. The first-order valence-electron chi connectivity index (χ1n) is 14.5. The Balaban J connectivity index is 1.40. The van der Waals surface area contributed by atoms with Crippen molar-refractivity contribution in [3.8, 4) is 22.6 Å². The van der Waals surface area contributed by atoms with Crippen molar-refractivity contribution < 1.29 is 27.8 Å². The number of sulfonamides is 1. The summed E-state index contributed by atoms with van der Waals surface area (Å²) in [5.41, 5.74) is 3.15. The molecule has 5 rings (SSSR count). The molecule has 0 radical (unpaired) electrons. The summed E-state index contributed by atoms with van der Waals surface area (Å²) in [6, 6.07) is 20.1. The monoisotopic (exact) mass is 608 g/mol. The van der Waals surface area contributed by atoms with E-state index in [-0.39, 0.29) is 35.2 Å². The molecule has 2 aliphatic rings. The van der Waals surface area contributed by atoms with Gasteiger partial charge in [0, 0.05) is 43.8 Å². The van der Waals surface area contributed by atoms with Crippen molar-refractivity contribution in [1.29, 1.82) is 0 Å². The lowest BCUT2D eigenvalue weighted by atomic mass is 9.78. The number of aliphatic hydroxyl groups excluding tert-OH is 1. The third-order valence-electron chi connectivity index (χ3n) is 8.22. The fraction of sp³-hybridized carbons (Fsp3) is 0.406. The van der Waals surface area contributed by atoms with Gasteiger partial charge in [-0.25, -0.2) is 17.9 Å². The fourth-order valence-corrected chi connectivity index (χ4v) is 6.97. The van der Waals surface area contributed by atoms with Crippen molar-refractivity contribution in [3.05, 3.63) is 72.3 Å². The number of likely N-dealkylation sites (tertiary alicyclic amines) is 1. The number of carbonyl (C=O) groups excluding carboxylic acids is 1. The molecule has 3 aromatic rings. The fourth-order valence-electron chi connectivity index (χ4n) is 5.77. The van der Waals surface area contributed by atoms with Crippen molar-refractivity contribution >= 4 is 21.7 Å². The summed E-state index contributed by atoms with van der Waals surface area (Å²) in [6.45, 7) is 4.09. The number of aliphatic hydroxyl groups is 1. The number of hydrogen-bond acceptors (Lipinski definition) is 7. The molecule has 0 bridgehead atoms. The first-order valence-corrected chi connectivity index (χ1v) is 15.9. The molecule has 0 saturated carbocycles. The molecule has 1 spiro atoms. The molecule has 1 saturated heterocycles. The second-order valence-electron chi connectivity index (χ2n) is 11.7. The summed E-state index contributed by atoms with van der Waals surface area (Å²) >= 11 is 0. The number of hydrogen-bond donors (Lipinski definition) is 3. The number of anilines is 1. The van der Waals surface area contributed by atoms with Gasteiger partial charge in [-0.1, -0.05) is 35.9 Å². The number of methoxy groups -OCH3 is 1. The number of carbonyl (C=O) groups is 1. The van der Waals surface area contributed by atoms with Gasteiger partial charge in [0.1, 0.15) is 16.4 Å². The summed E-state index contributed by atoms with van der Waals surface area (Å²) in [7, 11) is -0.454. The first-order chi connectivity index (χ1) is 20.6. The zero-order chi connectivity index (χ0) is 30.6. The van der Waals surface area contributed by atoms with Gasteiger partial charge in [0.15, 0.2) is 0 Å². The van der Waals surface area contributed by atoms with E-state index in [0.717, 1.165) is 22.4 Å². The zero-order valence-electron chi connectivity index (χ0n) is 24.9. The number of aryl methyl sites for hydroxylation is 1. The molecular formula is C32H40N4O6S. The van der Waals surface area contributed by atoms with E-state index in [0.29, 0.717) is 44.8 Å². The Kier molecular flexibility index (Phi) is 9.26. The molecule has 2 amide bonds. The van der Waals surface area contributed by atoms with Crippen LogP contribution < -0.4 is 19.5 Å². The average Bonchev–Trinajstić information content (AvgIpc) is 3.00. The molecule has 230 valence electrons. The minimum Gasteiger partial charge on any atom is -0.497 e. The Bertz CT molecular complexity index is 1540. The lowest BCUT2D eigenvalue weighted by Crippen LogP contribution is -2.52. The third-order valence-corrected chi connectivity index (χ3v) is 9.68. The number of piperidine rings is 1. The van der Waals surface area contributed by atoms with E-state index in [9.17, 15) is 18.3 Å². The van der Waals surface area contributed by atoms with Crippen LogP contribution in [0, 0.1) is 12.3 Å². The quantitative estimate of drug-likeness (QED) is 0.412. The van der Waals surface area contributed by atoms with Crippen LogP contribution in [0.2, 0.25) is 0 Å². The highest BCUT2D eigenvalue weighted by atomic mass is 32.2. The van der Waals surface area contributed by atoms with Crippen LogP contribution in [0.25, 0.3) is 11.1 Å². The molecule has 11 heteroatoms. The van der Waals surface area contributed by atoms with Gasteiger partial charge in [-0.05, 0) is 74.3 Å². The van der Waals surface area contributed by atoms with Crippen LogP contribution in [0.5, 0.6) is 11.5 Å². The second-order valence-corrected chi connectivity index (χ2v) is 13.4. The third kappa shape index (κ3) is 7.48. The molecule has 3 N–H and O–H groups in total. The molecule has 1 fully saturated rings. The van der Waals surface area contributed by atoms with Gasteiger partial charge in [-0.2, -0.15) is 0 Å². The molecule has 0 aliphatic carbocycles. The van der Waals surface area contributed by atoms with Gasteiger partial charge in [0.05, 0.1) is 19.8 Å². The predicted octanol–water partition coefficient (Wildman–Crippen LogP) is 3.95. The lowest BCUT2D eigenvalue weighted by Gasteiger charge is -2.44. The number of ether oxygens (including phenoxy) is 2. The molecule has 2 heterocycles. The number of amides is 2. The van der Waals surface area contributed by atoms with Crippen molar-refractivity contribution in [3.63, 3.8) is 0 Å². The van der Waals surface area contributed by atoms with E-state index in [1.54, 1.807) is 30.2 Å². The SMILES string of the molecule is COc1cccc(-c2ccc3c(c2)OCC2(CCN(C(=O)Nc4ccc(C)cc4)CC2)CN(C)CC(O)CNS3(=O)=O)c1. The molecule has 1 atom stereocenters. The highest BCUT2D eigenvalue weighted by molar-refractivity contribution is 7.89. The molecule has 0 aromatic heterocycles. The van der Waals surface area contributed by atoms with E-state index < -0.39 is 16.1 Å². The average molecular weight is 609 g/mol. The van der Waals surface area contributed by atoms with Crippen LogP contribution in [-0.2, 0) is 10.0 Å². The molecule has 3 aromatic carbocycles. The lowest BCUT2D eigenvalue weighted by molar-refractivity contribution is 0.0256. The number of nitrogens with one attached hydrogen (secondary N) is 2. The van der Waals surface area contributed by atoms with Crippen molar-refractivity contribution in [2.45, 2.75) is 30.8 Å². The maximum atomic E-state index is 13.4. The maximum absolute atomic E-state index is 13.4. The van der Waals surface area contributed by atoms with Gasteiger partial charge in [-0.3, -0.25) is 0 Å². The Labute approximate surface area is 253 Å². The van der Waals surface area contributed by atoms with Gasteiger partial charge in [-0.15, -0.1) is 0 Å². The Morgan fingerprint density at radius 3 is 2.51 bits per heavy atom. The van der Waals surface area contributed by atoms with Crippen LogP contribution in [-0.4, -0.2) is 88.9 Å². The number of β-amino-alcohol motifs (C(OH)–C–C–N with tert-alkyl or cyclic N) is 1. The van der Waals surface area contributed by atoms with Crippen LogP contribution in [0.1, 0.15) is 18.4 Å². The summed E-state index contributed by atoms with van der Waals surface area (Å²) in [5, 5.41) is 13.7. The van der Waals surface area contributed by atoms with Crippen molar-refractivity contribution in [2.75, 3.05) is 58.8 Å². The summed E-state index contributed by atoms with van der Waals surface area (Å²) in [6.07, 6.45) is 0.423. The Morgan fingerprint density at radius 2 is 1.79 bits per heavy atom. The Morgan fingerprint density at radius 1 is 1.07 bits per heavy atom. The number of nitrogens with zero attached hydrogens (tertiary/aromatic N) is 2. The summed E-state index contributed by atoms with van der Waals surface area (Å²) in [4.78, 5) is 16.9. The number of likely N-dealkylation sites (N-methyl/N-ethyl adjacent to an activating group) is 1. The minimum atomic E-state index is -3.97. The van der Waals surface area contributed by atoms with E-state index in [4.69, 9.17) is 9.47 Å². The topological polar surface area (TPSA) is 120 Å². The van der Waals surface area contributed by atoms with E-state index >= 15 is 0 Å². The molecule has 10 nitrogen and oxygen atoms in total. The molecule has 1 unspecified atom stereocenters. The molecule has 2 aliphatic heterocycles. The highest BCUT2D eigenvalue weighted by Gasteiger charge is 2.39.